The molecule has 1 aliphatic heterocycles. The van der Waals surface area contributed by atoms with E-state index in [0.717, 1.165) is 0 Å². The monoisotopic (exact) mass is 167 g/mol. The number of hydrogen-bond donors (Lipinski definition) is 0. The van der Waals surface area contributed by atoms with Crippen LogP contribution in [-0.2, 0) is 0 Å². The van der Waals surface area contributed by atoms with Gasteiger partial charge in [0, 0.05) is 12.1 Å². The number of hydrogen-bond acceptors (Lipinski definition) is 1. The zero-order chi connectivity index (χ0) is 8.97. The summed E-state index contributed by atoms with van der Waals surface area (Å²) in [5.41, 5.74) is 0. The second-order valence-electron chi connectivity index (χ2n) is 3.98. The van der Waals surface area contributed by atoms with Gasteiger partial charge in [-0.25, -0.2) is 0 Å². The molecule has 0 aliphatic carbocycles. The minimum absolute atomic E-state index is 0.632. The third-order valence-electron chi connectivity index (χ3n) is 2.78. The van der Waals surface area contributed by atoms with Gasteiger partial charge in [-0.15, -0.1) is 6.58 Å². The van der Waals surface area contributed by atoms with Crippen LogP contribution in [0.5, 0.6) is 0 Å². The predicted octanol–water partition coefficient (Wildman–Crippen LogP) is 2.83. The molecular weight excluding hydrogens is 146 g/mol. The molecule has 0 aromatic rings. The van der Waals surface area contributed by atoms with E-state index in [0.29, 0.717) is 12.1 Å². The molecule has 1 saturated heterocycles. The maximum atomic E-state index is 3.92. The lowest BCUT2D eigenvalue weighted by Gasteiger charge is -2.31. The molecule has 0 aromatic heterocycles. The van der Waals surface area contributed by atoms with Crippen molar-refractivity contribution in [3.05, 3.63) is 12.7 Å². The number of likely N-dealkylation sites (tertiary alicyclic amines) is 1. The molecule has 0 amide bonds. The summed E-state index contributed by atoms with van der Waals surface area (Å²) in [4.78, 5) is 2.57. The van der Waals surface area contributed by atoms with Crippen molar-refractivity contribution in [1.29, 1.82) is 0 Å². The molecule has 1 heteroatoms. The molecule has 1 rings (SSSR count). The lowest BCUT2D eigenvalue weighted by Crippen LogP contribution is -2.38. The molecule has 1 aliphatic rings. The van der Waals surface area contributed by atoms with Gasteiger partial charge in [0.1, 0.15) is 0 Å². The van der Waals surface area contributed by atoms with Crippen LogP contribution in [0, 0.1) is 0 Å². The van der Waals surface area contributed by atoms with Gasteiger partial charge in [0.25, 0.3) is 0 Å². The SMILES string of the molecule is C=C[C@@H]1CCCCCN1C(C)C. The van der Waals surface area contributed by atoms with E-state index in [1.54, 1.807) is 0 Å². The van der Waals surface area contributed by atoms with E-state index in [1.807, 2.05) is 0 Å². The zero-order valence-corrected chi connectivity index (χ0v) is 8.42. The van der Waals surface area contributed by atoms with E-state index in [-0.39, 0.29) is 0 Å². The van der Waals surface area contributed by atoms with Crippen LogP contribution >= 0.6 is 0 Å². The third kappa shape index (κ3) is 2.34. The van der Waals surface area contributed by atoms with Crippen molar-refractivity contribution in [1.82, 2.24) is 4.90 Å². The Labute approximate surface area is 76.5 Å². The summed E-state index contributed by atoms with van der Waals surface area (Å²) in [5.74, 6) is 0. The highest BCUT2D eigenvalue weighted by molar-refractivity contribution is 4.90. The summed E-state index contributed by atoms with van der Waals surface area (Å²) in [6, 6.07) is 1.30. The largest absolute Gasteiger partial charge is 0.295 e. The van der Waals surface area contributed by atoms with E-state index in [4.69, 9.17) is 0 Å². The van der Waals surface area contributed by atoms with Crippen molar-refractivity contribution < 1.29 is 0 Å². The average molecular weight is 167 g/mol. The van der Waals surface area contributed by atoms with Crippen LogP contribution in [0.3, 0.4) is 0 Å². The minimum atomic E-state index is 0.632. The molecule has 0 N–H and O–H groups in total. The molecule has 1 fully saturated rings. The van der Waals surface area contributed by atoms with E-state index < -0.39 is 0 Å². The fourth-order valence-corrected chi connectivity index (χ4v) is 2.05. The van der Waals surface area contributed by atoms with Gasteiger partial charge < -0.3 is 0 Å². The van der Waals surface area contributed by atoms with Gasteiger partial charge in [-0.3, -0.25) is 4.90 Å². The molecule has 0 radical (unpaired) electrons. The van der Waals surface area contributed by atoms with Crippen LogP contribution < -0.4 is 0 Å². The molecule has 0 unspecified atom stereocenters. The number of rotatable bonds is 2. The first-order chi connectivity index (χ1) is 5.75. The smallest absolute Gasteiger partial charge is 0.0278 e. The van der Waals surface area contributed by atoms with Gasteiger partial charge in [0.2, 0.25) is 0 Å². The Morgan fingerprint density at radius 1 is 1.33 bits per heavy atom. The summed E-state index contributed by atoms with van der Waals surface area (Å²) in [6.07, 6.45) is 7.56. The Kier molecular flexibility index (Phi) is 3.80. The second kappa shape index (κ2) is 4.66. The van der Waals surface area contributed by atoms with Crippen molar-refractivity contribution in [3.8, 4) is 0 Å². The standard InChI is InChI=1S/C11H21N/c1-4-11-8-6-5-7-9-12(11)10(2)3/h4,10-11H,1,5-9H2,2-3H3/t11-/m1/s1. The maximum absolute atomic E-state index is 3.92. The Morgan fingerprint density at radius 3 is 2.67 bits per heavy atom. The fraction of sp³-hybridized carbons (Fsp3) is 0.818. The first-order valence-corrected chi connectivity index (χ1v) is 5.14. The summed E-state index contributed by atoms with van der Waals surface area (Å²) >= 11 is 0. The van der Waals surface area contributed by atoms with Crippen LogP contribution in [0.1, 0.15) is 39.5 Å². The van der Waals surface area contributed by atoms with Crippen LogP contribution in [-0.4, -0.2) is 23.5 Å². The lowest BCUT2D eigenvalue weighted by molar-refractivity contribution is 0.186. The molecule has 0 saturated carbocycles. The normalized spacial score (nSPS) is 27.1. The molecular formula is C11H21N. The van der Waals surface area contributed by atoms with Crippen LogP contribution in [0.15, 0.2) is 12.7 Å². The topological polar surface area (TPSA) is 3.24 Å². The Hall–Kier alpha value is -0.300. The lowest BCUT2D eigenvalue weighted by atomic mass is 10.1. The third-order valence-corrected chi connectivity index (χ3v) is 2.78. The highest BCUT2D eigenvalue weighted by Gasteiger charge is 2.19. The molecule has 0 aromatic carbocycles. The first kappa shape index (κ1) is 9.79. The average Bonchev–Trinajstić information content (AvgIpc) is 2.27. The second-order valence-corrected chi connectivity index (χ2v) is 3.98. The van der Waals surface area contributed by atoms with Crippen molar-refractivity contribution in [3.63, 3.8) is 0 Å². The molecule has 70 valence electrons. The highest BCUT2D eigenvalue weighted by atomic mass is 15.2. The predicted molar refractivity (Wildman–Crippen MR) is 54.3 cm³/mol. The zero-order valence-electron chi connectivity index (χ0n) is 8.42. The van der Waals surface area contributed by atoms with Crippen molar-refractivity contribution in [2.45, 2.75) is 51.6 Å². The van der Waals surface area contributed by atoms with Crippen LogP contribution in [0.2, 0.25) is 0 Å². The maximum Gasteiger partial charge on any atom is 0.0278 e. The minimum Gasteiger partial charge on any atom is -0.295 e. The van der Waals surface area contributed by atoms with Crippen molar-refractivity contribution >= 4 is 0 Å². The Morgan fingerprint density at radius 2 is 2.08 bits per heavy atom. The van der Waals surface area contributed by atoms with Crippen LogP contribution in [0.25, 0.3) is 0 Å². The molecule has 0 bridgehead atoms. The van der Waals surface area contributed by atoms with Gasteiger partial charge in [-0.2, -0.15) is 0 Å². The van der Waals surface area contributed by atoms with Gasteiger partial charge in [0.05, 0.1) is 0 Å². The quantitative estimate of drug-likeness (QED) is 0.572. The van der Waals surface area contributed by atoms with Crippen molar-refractivity contribution in [2.24, 2.45) is 0 Å². The van der Waals surface area contributed by atoms with Gasteiger partial charge in [0.15, 0.2) is 0 Å². The highest BCUT2D eigenvalue weighted by Crippen LogP contribution is 2.19. The summed E-state index contributed by atoms with van der Waals surface area (Å²) < 4.78 is 0. The molecule has 12 heavy (non-hydrogen) atoms. The molecule has 1 heterocycles. The molecule has 1 nitrogen and oxygen atoms in total. The van der Waals surface area contributed by atoms with Crippen LogP contribution in [0.4, 0.5) is 0 Å². The van der Waals surface area contributed by atoms with E-state index in [2.05, 4.69) is 31.4 Å². The van der Waals surface area contributed by atoms with Crippen molar-refractivity contribution in [2.75, 3.05) is 6.54 Å². The summed E-state index contributed by atoms with van der Waals surface area (Å²) in [7, 11) is 0. The van der Waals surface area contributed by atoms with E-state index in [1.165, 1.54) is 32.2 Å². The Bertz CT molecular complexity index is 140. The molecule has 0 spiro atoms. The fourth-order valence-electron chi connectivity index (χ4n) is 2.05. The van der Waals surface area contributed by atoms with Gasteiger partial charge in [-0.1, -0.05) is 18.9 Å². The summed E-state index contributed by atoms with van der Waals surface area (Å²) in [6.45, 7) is 9.73. The van der Waals surface area contributed by atoms with E-state index >= 15 is 0 Å². The van der Waals surface area contributed by atoms with Gasteiger partial charge >= 0.3 is 0 Å². The summed E-state index contributed by atoms with van der Waals surface area (Å²) in [5, 5.41) is 0. The molecule has 1 atom stereocenters. The first-order valence-electron chi connectivity index (χ1n) is 5.14. The Balaban J connectivity index is 2.57. The number of nitrogens with zero attached hydrogens (tertiary/aromatic N) is 1. The van der Waals surface area contributed by atoms with Gasteiger partial charge in [-0.05, 0) is 33.2 Å². The van der Waals surface area contributed by atoms with E-state index in [9.17, 15) is 0 Å².